The normalized spacial score (nSPS) is 23.4. The van der Waals surface area contributed by atoms with E-state index in [0.29, 0.717) is 6.54 Å². The summed E-state index contributed by atoms with van der Waals surface area (Å²) in [5.41, 5.74) is 0.684. The molecule has 0 radical (unpaired) electrons. The van der Waals surface area contributed by atoms with Crippen LogP contribution in [-0.4, -0.2) is 33.8 Å². The van der Waals surface area contributed by atoms with Gasteiger partial charge in [0.2, 0.25) is 11.8 Å². The summed E-state index contributed by atoms with van der Waals surface area (Å²) in [5, 5.41) is 3.72. The van der Waals surface area contributed by atoms with Crippen LogP contribution in [-0.2, 0) is 16.1 Å². The van der Waals surface area contributed by atoms with Crippen molar-refractivity contribution in [3.05, 3.63) is 15.6 Å². The van der Waals surface area contributed by atoms with E-state index >= 15 is 0 Å². The second kappa shape index (κ2) is 5.40. The van der Waals surface area contributed by atoms with Gasteiger partial charge in [-0.3, -0.25) is 9.59 Å². The minimum Gasteiger partial charge on any atom is -0.342 e. The molecule has 0 aromatic carbocycles. The molecule has 6 heteroatoms. The highest BCUT2D eigenvalue weighted by Gasteiger charge is 2.43. The summed E-state index contributed by atoms with van der Waals surface area (Å²) >= 11 is 1.59. The third kappa shape index (κ3) is 3.10. The van der Waals surface area contributed by atoms with Gasteiger partial charge in [-0.2, -0.15) is 0 Å². The number of nitrogens with zero attached hydrogens (tertiary/aromatic N) is 2. The van der Waals surface area contributed by atoms with Crippen molar-refractivity contribution in [3.63, 3.8) is 0 Å². The lowest BCUT2D eigenvalue weighted by atomic mass is 9.84. The molecule has 2 amide bonds. The lowest BCUT2D eigenvalue weighted by Gasteiger charge is -2.41. The van der Waals surface area contributed by atoms with Crippen molar-refractivity contribution >= 4 is 23.2 Å². The van der Waals surface area contributed by atoms with E-state index in [2.05, 4.69) is 10.3 Å². The first-order valence-corrected chi connectivity index (χ1v) is 7.96. The highest BCUT2D eigenvalue weighted by molar-refractivity contribution is 7.11. The Labute approximate surface area is 129 Å². The van der Waals surface area contributed by atoms with Crippen molar-refractivity contribution in [2.24, 2.45) is 5.41 Å². The predicted molar refractivity (Wildman–Crippen MR) is 83.0 cm³/mol. The molecule has 1 aromatic rings. The van der Waals surface area contributed by atoms with Gasteiger partial charge in [0.15, 0.2) is 0 Å². The van der Waals surface area contributed by atoms with Crippen LogP contribution in [0.3, 0.4) is 0 Å². The van der Waals surface area contributed by atoms with E-state index in [9.17, 15) is 9.59 Å². The number of hydrogen-bond donors (Lipinski definition) is 1. The van der Waals surface area contributed by atoms with E-state index in [1.54, 1.807) is 23.2 Å². The molecule has 2 rings (SSSR count). The van der Waals surface area contributed by atoms with Gasteiger partial charge in [-0.15, -0.1) is 11.3 Å². The molecule has 2 heterocycles. The quantitative estimate of drug-likeness (QED) is 0.909. The molecule has 2 unspecified atom stereocenters. The van der Waals surface area contributed by atoms with Gasteiger partial charge in [0.05, 0.1) is 12.2 Å². The maximum Gasteiger partial charge on any atom is 0.246 e. The monoisotopic (exact) mass is 309 g/mol. The predicted octanol–water partition coefficient (Wildman–Crippen LogP) is 2.02. The standard InChI is InChI=1S/C15H23N3O2S/c1-8-10(3)21-11(16-8)7-18-9(2)13(19)17-12(14(18)20)15(4,5)6/h9,12H,7H2,1-6H3,(H,17,19). The Morgan fingerprint density at radius 3 is 2.38 bits per heavy atom. The molecule has 1 fully saturated rings. The molecule has 1 aliphatic heterocycles. The summed E-state index contributed by atoms with van der Waals surface area (Å²) in [6.45, 7) is 12.0. The van der Waals surface area contributed by atoms with E-state index in [-0.39, 0.29) is 17.2 Å². The van der Waals surface area contributed by atoms with E-state index in [1.165, 1.54) is 0 Å². The Kier molecular flexibility index (Phi) is 4.10. The Morgan fingerprint density at radius 1 is 1.29 bits per heavy atom. The summed E-state index contributed by atoms with van der Waals surface area (Å²) in [6, 6.07) is -0.941. The molecule has 5 nitrogen and oxygen atoms in total. The van der Waals surface area contributed by atoms with Crippen LogP contribution in [0.1, 0.15) is 43.3 Å². The van der Waals surface area contributed by atoms with Gasteiger partial charge < -0.3 is 10.2 Å². The fraction of sp³-hybridized carbons (Fsp3) is 0.667. The minimum atomic E-state index is -0.483. The molecule has 21 heavy (non-hydrogen) atoms. The van der Waals surface area contributed by atoms with Gasteiger partial charge in [-0.1, -0.05) is 20.8 Å². The molecular formula is C15H23N3O2S. The number of thiazole rings is 1. The summed E-state index contributed by atoms with van der Waals surface area (Å²) in [4.78, 5) is 32.1. The van der Waals surface area contributed by atoms with Gasteiger partial charge in [0, 0.05) is 4.88 Å². The van der Waals surface area contributed by atoms with E-state index in [1.807, 2.05) is 34.6 Å². The van der Waals surface area contributed by atoms with Crippen molar-refractivity contribution in [2.75, 3.05) is 0 Å². The zero-order valence-corrected chi connectivity index (χ0v) is 14.3. The summed E-state index contributed by atoms with van der Waals surface area (Å²) < 4.78 is 0. The Bertz CT molecular complexity index is 554. The van der Waals surface area contributed by atoms with Gasteiger partial charge in [0.25, 0.3) is 0 Å². The molecule has 0 saturated carbocycles. The third-order valence-corrected chi connectivity index (χ3v) is 4.97. The largest absolute Gasteiger partial charge is 0.342 e. The molecule has 1 saturated heterocycles. The molecule has 2 atom stereocenters. The Hall–Kier alpha value is -1.43. The van der Waals surface area contributed by atoms with Crippen molar-refractivity contribution < 1.29 is 9.59 Å². The van der Waals surface area contributed by atoms with E-state index in [4.69, 9.17) is 0 Å². The van der Waals surface area contributed by atoms with Crippen molar-refractivity contribution in [3.8, 4) is 0 Å². The first kappa shape index (κ1) is 15.9. The molecule has 1 N–H and O–H groups in total. The van der Waals surface area contributed by atoms with Crippen LogP contribution in [0.15, 0.2) is 0 Å². The average molecular weight is 309 g/mol. The van der Waals surface area contributed by atoms with Crippen LogP contribution in [0.4, 0.5) is 0 Å². The maximum absolute atomic E-state index is 12.7. The lowest BCUT2D eigenvalue weighted by Crippen LogP contribution is -2.65. The molecule has 0 aliphatic carbocycles. The zero-order valence-electron chi connectivity index (χ0n) is 13.5. The van der Waals surface area contributed by atoms with Gasteiger partial charge >= 0.3 is 0 Å². The number of rotatable bonds is 2. The molecule has 1 aliphatic rings. The first-order chi connectivity index (χ1) is 9.61. The van der Waals surface area contributed by atoms with E-state index in [0.717, 1.165) is 15.6 Å². The van der Waals surface area contributed by atoms with Crippen LogP contribution in [0.25, 0.3) is 0 Å². The van der Waals surface area contributed by atoms with Crippen LogP contribution in [0.2, 0.25) is 0 Å². The summed E-state index contributed by atoms with van der Waals surface area (Å²) in [5.74, 6) is -0.125. The van der Waals surface area contributed by atoms with Crippen LogP contribution in [0.5, 0.6) is 0 Å². The summed E-state index contributed by atoms with van der Waals surface area (Å²) in [6.07, 6.45) is 0. The second-order valence-corrected chi connectivity index (χ2v) is 7.99. The van der Waals surface area contributed by atoms with Crippen molar-refractivity contribution in [1.82, 2.24) is 15.2 Å². The fourth-order valence-corrected chi connectivity index (χ4v) is 3.31. The number of piperazine rings is 1. The van der Waals surface area contributed by atoms with Crippen molar-refractivity contribution in [1.29, 1.82) is 0 Å². The molecule has 0 bridgehead atoms. The number of aromatic nitrogens is 1. The van der Waals surface area contributed by atoms with E-state index < -0.39 is 12.1 Å². The smallest absolute Gasteiger partial charge is 0.246 e. The maximum atomic E-state index is 12.7. The highest BCUT2D eigenvalue weighted by Crippen LogP contribution is 2.27. The van der Waals surface area contributed by atoms with Crippen molar-refractivity contribution in [2.45, 2.75) is 60.2 Å². The van der Waals surface area contributed by atoms with Gasteiger partial charge in [0.1, 0.15) is 17.1 Å². The van der Waals surface area contributed by atoms with Crippen LogP contribution in [0, 0.1) is 19.3 Å². The Balaban J connectivity index is 2.26. The SMILES string of the molecule is Cc1nc(CN2C(=O)C(C(C)(C)C)NC(=O)C2C)sc1C. The van der Waals surface area contributed by atoms with Gasteiger partial charge in [-0.05, 0) is 26.2 Å². The second-order valence-electron chi connectivity index (χ2n) is 6.70. The lowest BCUT2D eigenvalue weighted by molar-refractivity contribution is -0.152. The number of carbonyl (C=O) groups excluding carboxylic acids is 2. The van der Waals surface area contributed by atoms with Crippen LogP contribution >= 0.6 is 11.3 Å². The van der Waals surface area contributed by atoms with Crippen LogP contribution < -0.4 is 5.32 Å². The number of nitrogens with one attached hydrogen (secondary N) is 1. The molecule has 1 aromatic heterocycles. The minimum absolute atomic E-state index is 0.0277. The molecular weight excluding hydrogens is 286 g/mol. The summed E-state index contributed by atoms with van der Waals surface area (Å²) in [7, 11) is 0. The fourth-order valence-electron chi connectivity index (χ4n) is 2.38. The van der Waals surface area contributed by atoms with Gasteiger partial charge in [-0.25, -0.2) is 4.98 Å². The molecule has 0 spiro atoms. The Morgan fingerprint density at radius 2 is 1.90 bits per heavy atom. The average Bonchev–Trinajstić information content (AvgIpc) is 2.67. The number of amides is 2. The zero-order chi connectivity index (χ0) is 15.9. The third-order valence-electron chi connectivity index (χ3n) is 3.91. The number of aryl methyl sites for hydroxylation is 2. The number of hydrogen-bond acceptors (Lipinski definition) is 4. The highest BCUT2D eigenvalue weighted by atomic mass is 32.1. The molecule has 116 valence electrons. The topological polar surface area (TPSA) is 62.3 Å². The number of carbonyl (C=O) groups is 2. The first-order valence-electron chi connectivity index (χ1n) is 7.15.